The predicted octanol–water partition coefficient (Wildman–Crippen LogP) is 7.15. The van der Waals surface area contributed by atoms with Crippen LogP contribution in [0.25, 0.3) is 11.4 Å². The fourth-order valence-corrected chi connectivity index (χ4v) is 4.01. The molecule has 7 heteroatoms. The topological polar surface area (TPSA) is 70.4 Å². The van der Waals surface area contributed by atoms with E-state index in [9.17, 15) is 9.59 Å². The zero-order chi connectivity index (χ0) is 26.9. The summed E-state index contributed by atoms with van der Waals surface area (Å²) in [4.78, 5) is 29.3. The number of fused-ring (bicyclic) bond motifs is 3. The number of nitrogens with zero attached hydrogens (tertiary/aromatic N) is 2. The molecular formula is C28H43ClN2O4. The van der Waals surface area contributed by atoms with Crippen molar-refractivity contribution in [1.29, 1.82) is 0 Å². The molecule has 0 spiro atoms. The van der Waals surface area contributed by atoms with E-state index in [1.54, 1.807) is 6.20 Å². The molecule has 4 rings (SSSR count). The van der Waals surface area contributed by atoms with E-state index in [2.05, 4.69) is 25.8 Å². The van der Waals surface area contributed by atoms with E-state index in [1.807, 2.05) is 52.2 Å². The van der Waals surface area contributed by atoms with Crippen LogP contribution in [0.3, 0.4) is 0 Å². The molecule has 1 fully saturated rings. The lowest BCUT2D eigenvalue weighted by Gasteiger charge is -2.42. The molecule has 3 heterocycles. The summed E-state index contributed by atoms with van der Waals surface area (Å²) < 4.78 is 12.7. The SMILES string of the molecule is CC.CC.CC.COC(=O)c1cn2c(cc1=O)-c1nc(Cl)c(OCC3CC3)cc1CC2(C)C(C)C. The Morgan fingerprint density at radius 2 is 1.77 bits per heavy atom. The highest BCUT2D eigenvalue weighted by Crippen LogP contribution is 2.43. The summed E-state index contributed by atoms with van der Waals surface area (Å²) in [6.07, 6.45) is 4.67. The zero-order valence-corrected chi connectivity index (χ0v) is 23.9. The van der Waals surface area contributed by atoms with E-state index in [-0.39, 0.29) is 22.2 Å². The fraction of sp³-hybridized carbons (Fsp3) is 0.607. The van der Waals surface area contributed by atoms with Crippen LogP contribution in [-0.4, -0.2) is 29.2 Å². The molecule has 2 aromatic heterocycles. The number of esters is 1. The third-order valence-electron chi connectivity index (χ3n) is 6.24. The normalized spacial score (nSPS) is 17.3. The van der Waals surface area contributed by atoms with Crippen molar-refractivity contribution >= 4 is 17.6 Å². The van der Waals surface area contributed by atoms with Crippen LogP contribution in [-0.2, 0) is 16.7 Å². The minimum Gasteiger partial charge on any atom is -0.490 e. The van der Waals surface area contributed by atoms with Crippen LogP contribution >= 0.6 is 11.6 Å². The van der Waals surface area contributed by atoms with E-state index < -0.39 is 11.4 Å². The van der Waals surface area contributed by atoms with Gasteiger partial charge in [0.15, 0.2) is 16.3 Å². The lowest BCUT2D eigenvalue weighted by atomic mass is 9.78. The van der Waals surface area contributed by atoms with Crippen LogP contribution in [0.4, 0.5) is 0 Å². The number of pyridine rings is 2. The highest BCUT2D eigenvalue weighted by Gasteiger charge is 2.39. The summed E-state index contributed by atoms with van der Waals surface area (Å²) in [5, 5.41) is 0.286. The maximum absolute atomic E-state index is 12.6. The lowest BCUT2D eigenvalue weighted by molar-refractivity contribution is 0.0597. The molecule has 1 unspecified atom stereocenters. The van der Waals surface area contributed by atoms with Gasteiger partial charge in [0.05, 0.1) is 25.1 Å². The Hall–Kier alpha value is -2.34. The summed E-state index contributed by atoms with van der Waals surface area (Å²) >= 11 is 6.41. The van der Waals surface area contributed by atoms with Gasteiger partial charge < -0.3 is 14.0 Å². The minimum absolute atomic E-state index is 0.0158. The average Bonchev–Trinajstić information content (AvgIpc) is 3.71. The van der Waals surface area contributed by atoms with Gasteiger partial charge in [-0.2, -0.15) is 0 Å². The van der Waals surface area contributed by atoms with Crippen molar-refractivity contribution in [3.63, 3.8) is 0 Å². The van der Waals surface area contributed by atoms with Gasteiger partial charge in [0.1, 0.15) is 5.56 Å². The number of ether oxygens (including phenoxy) is 2. The summed E-state index contributed by atoms with van der Waals surface area (Å²) in [6.45, 7) is 19.0. The smallest absolute Gasteiger partial charge is 0.343 e. The van der Waals surface area contributed by atoms with Crippen molar-refractivity contribution in [1.82, 2.24) is 9.55 Å². The average molecular weight is 507 g/mol. The molecule has 1 aliphatic heterocycles. The maximum atomic E-state index is 12.6. The molecule has 2 aromatic rings. The van der Waals surface area contributed by atoms with Crippen LogP contribution < -0.4 is 10.2 Å². The van der Waals surface area contributed by atoms with Crippen molar-refractivity contribution in [2.45, 2.75) is 87.1 Å². The summed E-state index contributed by atoms with van der Waals surface area (Å²) in [7, 11) is 1.27. The molecule has 0 radical (unpaired) electrons. The third kappa shape index (κ3) is 6.66. The number of methoxy groups -OCH3 is 1. The first-order valence-corrected chi connectivity index (χ1v) is 13.3. The number of rotatable bonds is 5. The highest BCUT2D eigenvalue weighted by molar-refractivity contribution is 6.31. The number of carbonyl (C=O) groups excluding carboxylic acids is 1. The van der Waals surface area contributed by atoms with E-state index in [4.69, 9.17) is 21.1 Å². The number of hydrogen-bond acceptors (Lipinski definition) is 5. The number of halogens is 1. The Morgan fingerprint density at radius 3 is 2.29 bits per heavy atom. The second kappa shape index (κ2) is 13.7. The maximum Gasteiger partial charge on any atom is 0.343 e. The first kappa shape index (κ1) is 30.7. The van der Waals surface area contributed by atoms with E-state index in [1.165, 1.54) is 26.0 Å². The summed E-state index contributed by atoms with van der Waals surface area (Å²) in [5.74, 6) is 0.787. The number of carbonyl (C=O) groups is 1. The van der Waals surface area contributed by atoms with Crippen molar-refractivity contribution in [2.24, 2.45) is 11.8 Å². The number of hydrogen-bond donors (Lipinski definition) is 0. The van der Waals surface area contributed by atoms with E-state index in [0.29, 0.717) is 36.1 Å². The van der Waals surface area contributed by atoms with Crippen molar-refractivity contribution in [3.8, 4) is 17.1 Å². The summed E-state index contributed by atoms with van der Waals surface area (Å²) in [6, 6.07) is 3.41. The molecule has 0 bridgehead atoms. The van der Waals surface area contributed by atoms with Gasteiger partial charge >= 0.3 is 5.97 Å². The Balaban J connectivity index is 0.000000949. The van der Waals surface area contributed by atoms with Gasteiger partial charge in [-0.15, -0.1) is 0 Å². The molecule has 35 heavy (non-hydrogen) atoms. The summed E-state index contributed by atoms with van der Waals surface area (Å²) in [5.41, 5.74) is 1.55. The van der Waals surface area contributed by atoms with Gasteiger partial charge in [-0.1, -0.05) is 67.0 Å². The lowest BCUT2D eigenvalue weighted by Crippen LogP contribution is -2.43. The number of aromatic nitrogens is 2. The second-order valence-electron chi connectivity index (χ2n) is 8.53. The van der Waals surface area contributed by atoms with E-state index >= 15 is 0 Å². The molecule has 1 aliphatic carbocycles. The molecule has 1 saturated carbocycles. The fourth-order valence-electron chi connectivity index (χ4n) is 3.82. The van der Waals surface area contributed by atoms with Gasteiger partial charge in [-0.25, -0.2) is 9.78 Å². The van der Waals surface area contributed by atoms with E-state index in [0.717, 1.165) is 5.56 Å². The Kier molecular flexibility index (Phi) is 12.0. The van der Waals surface area contributed by atoms with Crippen LogP contribution in [0.15, 0.2) is 23.1 Å². The second-order valence-corrected chi connectivity index (χ2v) is 8.88. The van der Waals surface area contributed by atoms with Gasteiger partial charge in [-0.3, -0.25) is 4.79 Å². The van der Waals surface area contributed by atoms with Crippen LogP contribution in [0.5, 0.6) is 5.75 Å². The minimum atomic E-state index is -0.642. The van der Waals surface area contributed by atoms with Crippen LogP contribution in [0.2, 0.25) is 5.15 Å². The quantitative estimate of drug-likeness (QED) is 0.318. The Bertz CT molecular complexity index is 1040. The molecule has 0 aromatic carbocycles. The van der Waals surface area contributed by atoms with Gasteiger partial charge in [0.25, 0.3) is 0 Å². The molecule has 0 N–H and O–H groups in total. The molecule has 196 valence electrons. The van der Waals surface area contributed by atoms with Crippen LogP contribution in [0.1, 0.15) is 91.1 Å². The largest absolute Gasteiger partial charge is 0.490 e. The first-order chi connectivity index (χ1) is 16.7. The molecule has 2 aliphatic rings. The van der Waals surface area contributed by atoms with Crippen LogP contribution in [0, 0.1) is 11.8 Å². The van der Waals surface area contributed by atoms with Crippen molar-refractivity contribution < 1.29 is 14.3 Å². The standard InChI is InChI=1S/C22H25ClN2O4.3C2H6/c1-12(2)22(3)9-14-7-18(29-11-13-5-6-13)20(23)24-19(14)16-8-17(26)15(10-25(16)22)21(27)28-4;3*1-2/h7-8,10,12-13H,5-6,9,11H2,1-4H3;3*1-2H3. The Labute approximate surface area is 216 Å². The molecule has 1 atom stereocenters. The third-order valence-corrected chi connectivity index (χ3v) is 6.51. The van der Waals surface area contributed by atoms with Gasteiger partial charge in [0.2, 0.25) is 0 Å². The molecule has 0 amide bonds. The molecule has 6 nitrogen and oxygen atoms in total. The Morgan fingerprint density at radius 1 is 1.17 bits per heavy atom. The molecular weight excluding hydrogens is 464 g/mol. The van der Waals surface area contributed by atoms with Crippen molar-refractivity contribution in [2.75, 3.05) is 13.7 Å². The van der Waals surface area contributed by atoms with Gasteiger partial charge in [0, 0.05) is 17.8 Å². The molecule has 0 saturated heterocycles. The first-order valence-electron chi connectivity index (χ1n) is 12.9. The highest BCUT2D eigenvalue weighted by atomic mass is 35.5. The zero-order valence-electron chi connectivity index (χ0n) is 23.1. The monoisotopic (exact) mass is 506 g/mol. The van der Waals surface area contributed by atoms with Crippen molar-refractivity contribution in [3.05, 3.63) is 44.8 Å². The van der Waals surface area contributed by atoms with Gasteiger partial charge in [-0.05, 0) is 49.7 Å². The predicted molar refractivity (Wildman–Crippen MR) is 145 cm³/mol.